The fraction of sp³-hybridized carbons (Fsp3) is 0.250. The third-order valence-corrected chi connectivity index (χ3v) is 6.29. The van der Waals surface area contributed by atoms with Gasteiger partial charge in [0.15, 0.2) is 0 Å². The molecule has 0 heterocycles. The Morgan fingerprint density at radius 3 is 2.09 bits per heavy atom. The molecule has 7 nitrogen and oxygen atoms in total. The Hall–Kier alpha value is -4.13. The molecule has 2 amide bonds. The number of hydrogen-bond donors (Lipinski definition) is 3. The van der Waals surface area contributed by atoms with Crippen LogP contribution in [0.2, 0.25) is 0 Å². The molecular formula is C28H28N2O5. The first-order valence-electron chi connectivity index (χ1n) is 11.5. The molecule has 3 aromatic rings. The maximum Gasteiger partial charge on any atom is 0.411 e. The van der Waals surface area contributed by atoms with Crippen molar-refractivity contribution in [2.45, 2.75) is 32.7 Å². The van der Waals surface area contributed by atoms with Gasteiger partial charge in [-0.1, -0.05) is 62.4 Å². The van der Waals surface area contributed by atoms with Crippen LogP contribution in [0.3, 0.4) is 0 Å². The molecule has 3 N–H and O–H groups in total. The minimum atomic E-state index is -1.08. The lowest BCUT2D eigenvalue weighted by atomic mass is 9.98. The summed E-state index contributed by atoms with van der Waals surface area (Å²) in [6.45, 7) is 5.41. The average Bonchev–Trinajstić information content (AvgIpc) is 3.15. The molecule has 1 aliphatic carbocycles. The van der Waals surface area contributed by atoms with Crippen LogP contribution in [0.25, 0.3) is 11.1 Å². The number of carbonyl (C=O) groups is 3. The van der Waals surface area contributed by atoms with Crippen LogP contribution in [-0.4, -0.2) is 35.7 Å². The number of amides is 2. The molecule has 0 saturated carbocycles. The van der Waals surface area contributed by atoms with Crippen molar-refractivity contribution in [3.63, 3.8) is 0 Å². The highest BCUT2D eigenvalue weighted by Crippen LogP contribution is 2.44. The molecule has 0 aliphatic heterocycles. The van der Waals surface area contributed by atoms with E-state index in [2.05, 4.69) is 34.9 Å². The second kappa shape index (κ2) is 10.0. The number of fused-ring (bicyclic) bond motifs is 3. The van der Waals surface area contributed by atoms with E-state index in [9.17, 15) is 19.5 Å². The molecule has 3 aromatic carbocycles. The molecule has 1 aliphatic rings. The first kappa shape index (κ1) is 24.0. The lowest BCUT2D eigenvalue weighted by Gasteiger charge is -2.18. The summed E-state index contributed by atoms with van der Waals surface area (Å²) < 4.78 is 5.59. The molecule has 0 bridgehead atoms. The first-order valence-corrected chi connectivity index (χ1v) is 11.5. The van der Waals surface area contributed by atoms with Crippen LogP contribution in [0, 0.1) is 12.8 Å². The first-order chi connectivity index (χ1) is 16.8. The van der Waals surface area contributed by atoms with E-state index in [1.54, 1.807) is 39.0 Å². The second-order valence-corrected chi connectivity index (χ2v) is 9.01. The van der Waals surface area contributed by atoms with Crippen molar-refractivity contribution in [1.29, 1.82) is 0 Å². The number of rotatable bonds is 7. The van der Waals surface area contributed by atoms with Crippen LogP contribution in [-0.2, 0) is 9.53 Å². The summed E-state index contributed by atoms with van der Waals surface area (Å²) in [5.41, 5.74) is 6.06. The van der Waals surface area contributed by atoms with Crippen LogP contribution in [0.4, 0.5) is 10.5 Å². The number of carbonyl (C=O) groups excluding carboxylic acids is 2. The summed E-state index contributed by atoms with van der Waals surface area (Å²) in [7, 11) is 0. The summed E-state index contributed by atoms with van der Waals surface area (Å²) in [6.07, 6.45) is -0.585. The van der Waals surface area contributed by atoms with E-state index < -0.39 is 24.0 Å². The van der Waals surface area contributed by atoms with E-state index in [0.29, 0.717) is 16.8 Å². The number of aliphatic carboxylic acids is 1. The molecule has 1 atom stereocenters. The van der Waals surface area contributed by atoms with E-state index in [1.807, 2.05) is 24.3 Å². The number of carboxylic acid groups (broad SMARTS) is 1. The smallest absolute Gasteiger partial charge is 0.411 e. The highest BCUT2D eigenvalue weighted by atomic mass is 16.5. The summed E-state index contributed by atoms with van der Waals surface area (Å²) >= 11 is 0. The Bertz CT molecular complexity index is 1240. The quantitative estimate of drug-likeness (QED) is 0.439. The SMILES string of the molecule is Cc1cc(C(=O)NC(C(=O)O)C(C)C)ccc1NC(=O)OCC1c2ccccc2-c2ccccc21. The fourth-order valence-electron chi connectivity index (χ4n) is 4.43. The standard InChI is InChI=1S/C28H28N2O5/c1-16(2)25(27(32)33)30-26(31)18-12-13-24(17(3)14-18)29-28(34)35-15-23-21-10-6-4-8-19(21)20-9-5-7-11-22(20)23/h4-14,16,23,25H,15H2,1-3H3,(H,29,34)(H,30,31)(H,32,33). The van der Waals surface area contributed by atoms with Gasteiger partial charge in [0.1, 0.15) is 12.6 Å². The van der Waals surface area contributed by atoms with Gasteiger partial charge in [0.05, 0.1) is 0 Å². The topological polar surface area (TPSA) is 105 Å². The predicted octanol–water partition coefficient (Wildman–Crippen LogP) is 5.20. The van der Waals surface area contributed by atoms with Gasteiger partial charge < -0.3 is 15.2 Å². The van der Waals surface area contributed by atoms with Gasteiger partial charge in [-0.3, -0.25) is 10.1 Å². The summed E-state index contributed by atoms with van der Waals surface area (Å²) in [5.74, 6) is -1.86. The minimum Gasteiger partial charge on any atom is -0.480 e. The van der Waals surface area contributed by atoms with E-state index in [-0.39, 0.29) is 18.4 Å². The monoisotopic (exact) mass is 472 g/mol. The molecule has 0 radical (unpaired) electrons. The van der Waals surface area contributed by atoms with Gasteiger partial charge in [-0.15, -0.1) is 0 Å². The van der Waals surface area contributed by atoms with Gasteiger partial charge in [0.2, 0.25) is 0 Å². The Labute approximate surface area is 204 Å². The number of aryl methyl sites for hydroxylation is 1. The highest BCUT2D eigenvalue weighted by molar-refractivity contribution is 5.97. The van der Waals surface area contributed by atoms with Crippen LogP contribution in [0.1, 0.15) is 46.8 Å². The van der Waals surface area contributed by atoms with Gasteiger partial charge in [-0.2, -0.15) is 0 Å². The maximum atomic E-state index is 12.6. The molecule has 35 heavy (non-hydrogen) atoms. The molecule has 0 aromatic heterocycles. The lowest BCUT2D eigenvalue weighted by molar-refractivity contribution is -0.140. The van der Waals surface area contributed by atoms with Gasteiger partial charge in [-0.25, -0.2) is 9.59 Å². The van der Waals surface area contributed by atoms with E-state index in [1.165, 1.54) is 0 Å². The largest absolute Gasteiger partial charge is 0.480 e. The van der Waals surface area contributed by atoms with Crippen LogP contribution < -0.4 is 10.6 Å². The number of hydrogen-bond acceptors (Lipinski definition) is 4. The third kappa shape index (κ3) is 5.04. The third-order valence-electron chi connectivity index (χ3n) is 6.29. The number of nitrogens with one attached hydrogen (secondary N) is 2. The molecule has 1 unspecified atom stereocenters. The number of carboxylic acids is 1. The second-order valence-electron chi connectivity index (χ2n) is 9.01. The van der Waals surface area contributed by atoms with Gasteiger partial charge in [0.25, 0.3) is 5.91 Å². The number of ether oxygens (including phenoxy) is 1. The van der Waals surface area contributed by atoms with Crippen molar-refractivity contribution in [3.05, 3.63) is 89.0 Å². The van der Waals surface area contributed by atoms with E-state index in [4.69, 9.17) is 4.74 Å². The normalized spacial score (nSPS) is 13.0. The van der Waals surface area contributed by atoms with E-state index >= 15 is 0 Å². The zero-order valence-corrected chi connectivity index (χ0v) is 19.9. The molecule has 0 spiro atoms. The minimum absolute atomic E-state index is 0.0385. The Kier molecular flexibility index (Phi) is 6.87. The van der Waals surface area contributed by atoms with Crippen molar-refractivity contribution >= 4 is 23.7 Å². The Morgan fingerprint density at radius 1 is 0.943 bits per heavy atom. The number of anilines is 1. The van der Waals surface area contributed by atoms with Crippen molar-refractivity contribution < 1.29 is 24.2 Å². The van der Waals surface area contributed by atoms with E-state index in [0.717, 1.165) is 22.3 Å². The van der Waals surface area contributed by atoms with Crippen LogP contribution in [0.15, 0.2) is 66.7 Å². The fourth-order valence-corrected chi connectivity index (χ4v) is 4.43. The van der Waals surface area contributed by atoms with Crippen molar-refractivity contribution in [2.75, 3.05) is 11.9 Å². The van der Waals surface area contributed by atoms with Crippen LogP contribution in [0.5, 0.6) is 0 Å². The molecule has 7 heteroatoms. The van der Waals surface area contributed by atoms with Crippen molar-refractivity contribution in [3.8, 4) is 11.1 Å². The molecule has 180 valence electrons. The predicted molar refractivity (Wildman–Crippen MR) is 134 cm³/mol. The Morgan fingerprint density at radius 2 is 1.54 bits per heavy atom. The summed E-state index contributed by atoms with van der Waals surface area (Å²) in [4.78, 5) is 36.5. The average molecular weight is 473 g/mol. The Balaban J connectivity index is 1.40. The van der Waals surface area contributed by atoms with Crippen LogP contribution >= 0.6 is 0 Å². The lowest BCUT2D eigenvalue weighted by Crippen LogP contribution is -2.44. The number of benzene rings is 3. The molecular weight excluding hydrogens is 444 g/mol. The van der Waals surface area contributed by atoms with Gasteiger partial charge >= 0.3 is 12.1 Å². The molecule has 0 fully saturated rings. The molecule has 0 saturated heterocycles. The zero-order chi connectivity index (χ0) is 25.1. The van der Waals surface area contributed by atoms with Crippen molar-refractivity contribution in [1.82, 2.24) is 5.32 Å². The summed E-state index contributed by atoms with van der Waals surface area (Å²) in [5, 5.41) is 14.6. The molecule has 4 rings (SSSR count). The summed E-state index contributed by atoms with van der Waals surface area (Å²) in [6, 6.07) is 20.0. The zero-order valence-electron chi connectivity index (χ0n) is 19.9. The maximum absolute atomic E-state index is 12.6. The highest BCUT2D eigenvalue weighted by Gasteiger charge is 2.29. The van der Waals surface area contributed by atoms with Gasteiger partial charge in [0, 0.05) is 17.2 Å². The van der Waals surface area contributed by atoms with Gasteiger partial charge in [-0.05, 0) is 58.9 Å². The van der Waals surface area contributed by atoms with Crippen molar-refractivity contribution in [2.24, 2.45) is 5.92 Å².